The number of nitrogens with one attached hydrogen (secondary N) is 1. The molecule has 3 aromatic rings. The number of fused-ring (bicyclic) bond motifs is 3. The Kier molecular flexibility index (Phi) is 3.80. The van der Waals surface area contributed by atoms with Crippen LogP contribution in [0.25, 0.3) is 11.1 Å². The molecule has 0 saturated heterocycles. The van der Waals surface area contributed by atoms with Gasteiger partial charge in [0, 0.05) is 11.9 Å². The van der Waals surface area contributed by atoms with Gasteiger partial charge in [-0.2, -0.15) is 0 Å². The minimum atomic E-state index is 1.06. The van der Waals surface area contributed by atoms with Gasteiger partial charge in [0.2, 0.25) is 0 Å². The summed E-state index contributed by atoms with van der Waals surface area (Å²) in [6.45, 7) is 4.15. The molecule has 0 aliphatic heterocycles. The third-order valence-electron chi connectivity index (χ3n) is 4.08. The lowest BCUT2D eigenvalue weighted by Crippen LogP contribution is -2.08. The monoisotopic (exact) mass is 288 g/mol. The van der Waals surface area contributed by atoms with Crippen LogP contribution >= 0.6 is 0 Å². The van der Waals surface area contributed by atoms with Crippen LogP contribution in [0.2, 0.25) is 0 Å². The fraction of sp³-hybridized carbons (Fsp3) is 0.158. The number of aromatic nitrogens is 1. The summed E-state index contributed by atoms with van der Waals surface area (Å²) in [6.07, 6.45) is 3.01. The molecule has 1 aliphatic rings. The molecule has 2 aromatic carbocycles. The number of H-pyrrole nitrogens is 1. The number of aryl methyl sites for hydroxylation is 2. The average Bonchev–Trinajstić information content (AvgIpc) is 3.05. The van der Waals surface area contributed by atoms with Crippen LogP contribution in [-0.4, -0.2) is 15.2 Å². The Hall–Kier alpha value is -2.06. The van der Waals surface area contributed by atoms with Crippen molar-refractivity contribution in [3.05, 3.63) is 77.1 Å². The van der Waals surface area contributed by atoms with E-state index in [0.29, 0.717) is 0 Å². The van der Waals surface area contributed by atoms with Crippen molar-refractivity contribution in [2.24, 2.45) is 0 Å². The number of rotatable bonds is 0. The van der Waals surface area contributed by atoms with Gasteiger partial charge >= 0.3 is 0 Å². The summed E-state index contributed by atoms with van der Waals surface area (Å²) >= 11 is 0. The first-order valence-electron chi connectivity index (χ1n) is 7.19. The first kappa shape index (κ1) is 13.9. The Morgan fingerprint density at radius 2 is 1.67 bits per heavy atom. The van der Waals surface area contributed by atoms with Gasteiger partial charge in [-0.1, -0.05) is 47.7 Å². The van der Waals surface area contributed by atoms with E-state index in [1.165, 1.54) is 38.7 Å². The molecule has 1 heterocycles. The number of hydrogen-bond acceptors (Lipinski definition) is 0. The summed E-state index contributed by atoms with van der Waals surface area (Å²) in [5, 5.41) is 1.22. The number of aromatic amines is 1. The van der Waals surface area contributed by atoms with Crippen LogP contribution in [0.15, 0.2) is 54.7 Å². The second-order valence-electron chi connectivity index (χ2n) is 5.45. The van der Waals surface area contributed by atoms with Gasteiger partial charge in [0.25, 0.3) is 0 Å². The zero-order valence-electron chi connectivity index (χ0n) is 12.4. The van der Waals surface area contributed by atoms with Crippen molar-refractivity contribution in [3.63, 3.8) is 0 Å². The fourth-order valence-corrected chi connectivity index (χ4v) is 3.01. The van der Waals surface area contributed by atoms with E-state index in [4.69, 9.17) is 0 Å². The Morgan fingerprint density at radius 1 is 0.905 bits per heavy atom. The van der Waals surface area contributed by atoms with E-state index in [9.17, 15) is 0 Å². The van der Waals surface area contributed by atoms with Crippen LogP contribution < -0.4 is 5.19 Å². The predicted octanol–water partition coefficient (Wildman–Crippen LogP) is 3.68. The first-order chi connectivity index (χ1) is 10.2. The summed E-state index contributed by atoms with van der Waals surface area (Å²) in [5.41, 5.74) is 8.23. The SMILES string of the molecule is Cc1cc[nH]c1C.[Si]c1cccc2c1Cc1ccccc1-2. The Labute approximate surface area is 129 Å². The third-order valence-corrected chi connectivity index (χ3v) is 4.54. The van der Waals surface area contributed by atoms with E-state index in [1.807, 2.05) is 6.20 Å². The minimum Gasteiger partial charge on any atom is -0.365 e. The summed E-state index contributed by atoms with van der Waals surface area (Å²) in [7, 11) is 3.66. The standard InChI is InChI=1S/C13H9Si.C6H9N/c14-13-7-3-6-11-10-5-2-1-4-9(10)8-12(11)13;1-5-3-4-7-6(5)2/h1-7H,8H2;3-4,7H,1-2H3. The van der Waals surface area contributed by atoms with Crippen LogP contribution in [0.1, 0.15) is 22.4 Å². The van der Waals surface area contributed by atoms with Crippen molar-refractivity contribution in [3.8, 4) is 11.1 Å². The molecule has 0 fully saturated rings. The number of hydrogen-bond donors (Lipinski definition) is 1. The summed E-state index contributed by atoms with van der Waals surface area (Å²) in [6, 6.07) is 17.1. The lowest BCUT2D eigenvalue weighted by atomic mass is 10.1. The van der Waals surface area contributed by atoms with Gasteiger partial charge in [-0.05, 0) is 54.2 Å². The summed E-state index contributed by atoms with van der Waals surface area (Å²) in [4.78, 5) is 3.07. The highest BCUT2D eigenvalue weighted by atomic mass is 28.1. The molecule has 0 amide bonds. The molecule has 0 saturated carbocycles. The molecule has 4 rings (SSSR count). The van der Waals surface area contributed by atoms with Gasteiger partial charge in [-0.15, -0.1) is 0 Å². The zero-order chi connectivity index (χ0) is 14.8. The topological polar surface area (TPSA) is 15.8 Å². The number of benzene rings is 2. The predicted molar refractivity (Wildman–Crippen MR) is 90.3 cm³/mol. The highest BCUT2D eigenvalue weighted by Crippen LogP contribution is 2.34. The van der Waals surface area contributed by atoms with Gasteiger partial charge in [0.15, 0.2) is 0 Å². The fourth-order valence-electron chi connectivity index (χ4n) is 2.69. The van der Waals surface area contributed by atoms with Crippen molar-refractivity contribution < 1.29 is 0 Å². The van der Waals surface area contributed by atoms with Crippen molar-refractivity contribution in [2.45, 2.75) is 20.3 Å². The molecule has 21 heavy (non-hydrogen) atoms. The van der Waals surface area contributed by atoms with Gasteiger partial charge in [0.05, 0.1) is 10.2 Å². The van der Waals surface area contributed by atoms with E-state index >= 15 is 0 Å². The van der Waals surface area contributed by atoms with E-state index in [0.717, 1.165) is 6.42 Å². The Morgan fingerprint density at radius 3 is 2.33 bits per heavy atom. The quantitative estimate of drug-likeness (QED) is 0.475. The lowest BCUT2D eigenvalue weighted by molar-refractivity contribution is 1.23. The molecule has 2 heteroatoms. The van der Waals surface area contributed by atoms with Gasteiger partial charge in [-0.25, -0.2) is 0 Å². The smallest absolute Gasteiger partial charge is 0.0716 e. The third kappa shape index (κ3) is 2.72. The highest BCUT2D eigenvalue weighted by Gasteiger charge is 2.18. The molecule has 1 nitrogen and oxygen atoms in total. The second-order valence-corrected chi connectivity index (χ2v) is 5.99. The van der Waals surface area contributed by atoms with Crippen molar-refractivity contribution in [1.82, 2.24) is 4.98 Å². The molecule has 1 N–H and O–H groups in total. The molecule has 3 radical (unpaired) electrons. The van der Waals surface area contributed by atoms with Gasteiger partial charge < -0.3 is 4.98 Å². The van der Waals surface area contributed by atoms with E-state index in [1.54, 1.807) is 0 Å². The van der Waals surface area contributed by atoms with Crippen LogP contribution in [0.5, 0.6) is 0 Å². The van der Waals surface area contributed by atoms with E-state index in [-0.39, 0.29) is 0 Å². The van der Waals surface area contributed by atoms with Crippen LogP contribution in [0.4, 0.5) is 0 Å². The van der Waals surface area contributed by atoms with Crippen molar-refractivity contribution >= 4 is 15.4 Å². The molecule has 0 atom stereocenters. The first-order valence-corrected chi connectivity index (χ1v) is 7.69. The molecule has 1 aromatic heterocycles. The molecule has 0 spiro atoms. The highest BCUT2D eigenvalue weighted by molar-refractivity contribution is 6.34. The second kappa shape index (κ2) is 5.74. The van der Waals surface area contributed by atoms with Crippen LogP contribution in [0.3, 0.4) is 0 Å². The van der Waals surface area contributed by atoms with Crippen molar-refractivity contribution in [2.75, 3.05) is 0 Å². The van der Waals surface area contributed by atoms with Crippen LogP contribution in [0, 0.1) is 13.8 Å². The van der Waals surface area contributed by atoms with E-state index in [2.05, 4.69) is 77.6 Å². The van der Waals surface area contributed by atoms with Gasteiger partial charge in [0.1, 0.15) is 0 Å². The molecule has 103 valence electrons. The van der Waals surface area contributed by atoms with E-state index < -0.39 is 0 Å². The summed E-state index contributed by atoms with van der Waals surface area (Å²) in [5.74, 6) is 0. The maximum Gasteiger partial charge on any atom is 0.0716 e. The average molecular weight is 288 g/mol. The largest absolute Gasteiger partial charge is 0.365 e. The normalized spacial score (nSPS) is 11.4. The van der Waals surface area contributed by atoms with Gasteiger partial charge in [-0.3, -0.25) is 0 Å². The maximum absolute atomic E-state index is 3.66. The summed E-state index contributed by atoms with van der Waals surface area (Å²) < 4.78 is 0. The lowest BCUT2D eigenvalue weighted by Gasteiger charge is -2.02. The molecular formula is C19H18NSi. The molecule has 0 bridgehead atoms. The Bertz CT molecular complexity index is 754. The van der Waals surface area contributed by atoms with Crippen LogP contribution in [-0.2, 0) is 6.42 Å². The molecule has 0 unspecified atom stereocenters. The van der Waals surface area contributed by atoms with Crippen molar-refractivity contribution in [1.29, 1.82) is 0 Å². The maximum atomic E-state index is 3.66. The minimum absolute atomic E-state index is 1.06. The zero-order valence-corrected chi connectivity index (χ0v) is 13.4. The Balaban J connectivity index is 0.000000160. The molecular weight excluding hydrogens is 270 g/mol. The molecule has 1 aliphatic carbocycles.